The second-order valence-corrected chi connectivity index (χ2v) is 8.54. The molecule has 2 aromatic rings. The van der Waals surface area contributed by atoms with E-state index < -0.39 is 0 Å². The number of piperidine rings is 1. The topological polar surface area (TPSA) is 40.6 Å². The van der Waals surface area contributed by atoms with Crippen molar-refractivity contribution in [1.29, 1.82) is 0 Å². The van der Waals surface area contributed by atoms with Gasteiger partial charge in [0.2, 0.25) is 0 Å². The number of amides is 1. The first-order valence-corrected chi connectivity index (χ1v) is 10.5. The summed E-state index contributed by atoms with van der Waals surface area (Å²) in [6.07, 6.45) is 3.12. The Labute approximate surface area is 165 Å². The van der Waals surface area contributed by atoms with E-state index in [4.69, 9.17) is 0 Å². The van der Waals surface area contributed by atoms with Crippen LogP contribution in [0.3, 0.4) is 0 Å². The molecule has 1 fully saturated rings. The molecule has 1 amide bonds. The Hall–Kier alpha value is -1.98. The highest BCUT2D eigenvalue weighted by Crippen LogP contribution is 2.22. The van der Waals surface area contributed by atoms with Crippen LogP contribution in [0.2, 0.25) is 0 Å². The highest BCUT2D eigenvalue weighted by molar-refractivity contribution is 7.15. The second kappa shape index (κ2) is 9.29. The van der Waals surface area contributed by atoms with E-state index in [1.165, 1.54) is 16.9 Å². The average Bonchev–Trinajstić information content (AvgIpc) is 3.17. The lowest BCUT2D eigenvalue weighted by molar-refractivity contribution is 0.0705. The molecule has 0 unspecified atom stereocenters. The number of ketones is 1. The Bertz CT molecular complexity index is 764. The van der Waals surface area contributed by atoms with Crippen LogP contribution in [0.1, 0.15) is 44.7 Å². The molecule has 144 valence electrons. The Morgan fingerprint density at radius 1 is 1.07 bits per heavy atom. The molecule has 27 heavy (non-hydrogen) atoms. The molecule has 1 aromatic heterocycles. The number of hydrogen-bond donors (Lipinski definition) is 0. The summed E-state index contributed by atoms with van der Waals surface area (Å²) in [6, 6.07) is 13.9. The predicted octanol–water partition coefficient (Wildman–Crippen LogP) is 3.98. The number of carbonyl (C=O) groups excluding carboxylic acids is 2. The first-order valence-electron chi connectivity index (χ1n) is 9.65. The first-order chi connectivity index (χ1) is 13.0. The van der Waals surface area contributed by atoms with Crippen LogP contribution in [-0.2, 0) is 6.42 Å². The van der Waals surface area contributed by atoms with Gasteiger partial charge in [0.1, 0.15) is 0 Å². The van der Waals surface area contributed by atoms with Gasteiger partial charge in [0.25, 0.3) is 5.91 Å². The van der Waals surface area contributed by atoms with Gasteiger partial charge >= 0.3 is 0 Å². The highest BCUT2D eigenvalue weighted by Gasteiger charge is 2.24. The molecule has 4 nitrogen and oxygen atoms in total. The zero-order chi connectivity index (χ0) is 19.2. The molecule has 0 atom stereocenters. The average molecular weight is 385 g/mol. The molecular weight excluding hydrogens is 356 g/mol. The van der Waals surface area contributed by atoms with Gasteiger partial charge in [-0.15, -0.1) is 11.3 Å². The van der Waals surface area contributed by atoms with Gasteiger partial charge in [-0.1, -0.05) is 30.3 Å². The maximum absolute atomic E-state index is 13.2. The van der Waals surface area contributed by atoms with Crippen molar-refractivity contribution in [2.75, 3.05) is 33.2 Å². The number of nitrogens with zero attached hydrogens (tertiary/aromatic N) is 2. The van der Waals surface area contributed by atoms with Gasteiger partial charge in [-0.05, 0) is 69.9 Å². The van der Waals surface area contributed by atoms with Gasteiger partial charge in [-0.3, -0.25) is 9.59 Å². The monoisotopic (exact) mass is 384 g/mol. The smallest absolute Gasteiger partial charge is 0.263 e. The van der Waals surface area contributed by atoms with Gasteiger partial charge < -0.3 is 9.80 Å². The Morgan fingerprint density at radius 3 is 2.37 bits per heavy atom. The third kappa shape index (κ3) is 5.50. The summed E-state index contributed by atoms with van der Waals surface area (Å²) in [5.74, 6) is 0.626. The number of thiophene rings is 1. The fourth-order valence-corrected chi connectivity index (χ4v) is 4.41. The molecule has 0 spiro atoms. The van der Waals surface area contributed by atoms with Crippen LogP contribution in [0, 0.1) is 5.92 Å². The predicted molar refractivity (Wildman–Crippen MR) is 111 cm³/mol. The largest absolute Gasteiger partial charge is 0.337 e. The van der Waals surface area contributed by atoms with E-state index in [1.807, 2.05) is 23.1 Å². The number of Topliss-reactive ketones (excluding diaryl/α,β-unsaturated/α-hetero) is 1. The number of rotatable bonds is 7. The maximum Gasteiger partial charge on any atom is 0.263 e. The van der Waals surface area contributed by atoms with Gasteiger partial charge in [0.15, 0.2) is 5.78 Å². The highest BCUT2D eigenvalue weighted by atomic mass is 32.1. The molecule has 0 saturated carbocycles. The lowest BCUT2D eigenvalue weighted by Gasteiger charge is -2.33. The molecule has 3 rings (SSSR count). The summed E-state index contributed by atoms with van der Waals surface area (Å²) in [5.41, 5.74) is 1.24. The van der Waals surface area contributed by atoms with E-state index in [-0.39, 0.29) is 11.7 Å². The Balaban J connectivity index is 1.70. The van der Waals surface area contributed by atoms with E-state index in [2.05, 4.69) is 24.1 Å². The van der Waals surface area contributed by atoms with Crippen LogP contribution in [0.25, 0.3) is 0 Å². The van der Waals surface area contributed by atoms with E-state index in [9.17, 15) is 9.59 Å². The minimum absolute atomic E-state index is 0.0187. The summed E-state index contributed by atoms with van der Waals surface area (Å²) in [4.78, 5) is 30.4. The first kappa shape index (κ1) is 19.8. The molecule has 0 N–H and O–H groups in total. The van der Waals surface area contributed by atoms with Gasteiger partial charge in [0, 0.05) is 13.1 Å². The van der Waals surface area contributed by atoms with Gasteiger partial charge in [-0.2, -0.15) is 0 Å². The van der Waals surface area contributed by atoms with Crippen LogP contribution in [0.4, 0.5) is 0 Å². The van der Waals surface area contributed by atoms with Gasteiger partial charge in [-0.25, -0.2) is 0 Å². The van der Waals surface area contributed by atoms with Crippen molar-refractivity contribution >= 4 is 23.0 Å². The minimum atomic E-state index is 0.0187. The lowest BCUT2D eigenvalue weighted by Crippen LogP contribution is -2.40. The summed E-state index contributed by atoms with van der Waals surface area (Å²) >= 11 is 1.31. The molecule has 1 aliphatic heterocycles. The lowest BCUT2D eigenvalue weighted by atomic mass is 9.96. The zero-order valence-electron chi connectivity index (χ0n) is 16.2. The molecule has 1 aliphatic rings. The van der Waals surface area contributed by atoms with E-state index in [0.717, 1.165) is 38.9 Å². The van der Waals surface area contributed by atoms with Crippen molar-refractivity contribution in [1.82, 2.24) is 9.80 Å². The SMILES string of the molecule is CC(=O)c1ccc(C(=O)N(CCc2ccccc2)CC2CCN(C)CC2)s1. The number of likely N-dealkylation sites (tertiary alicyclic amines) is 1. The Morgan fingerprint density at radius 2 is 1.74 bits per heavy atom. The number of carbonyl (C=O) groups is 2. The second-order valence-electron chi connectivity index (χ2n) is 7.45. The van der Waals surface area contributed by atoms with E-state index >= 15 is 0 Å². The molecule has 2 heterocycles. The quantitative estimate of drug-likeness (QED) is 0.678. The van der Waals surface area contributed by atoms with Crippen LogP contribution in [0.5, 0.6) is 0 Å². The molecule has 0 radical (unpaired) electrons. The molecule has 1 aromatic carbocycles. The summed E-state index contributed by atoms with van der Waals surface area (Å²) in [7, 11) is 2.16. The minimum Gasteiger partial charge on any atom is -0.337 e. The fourth-order valence-electron chi connectivity index (χ4n) is 3.54. The summed E-state index contributed by atoms with van der Waals surface area (Å²) in [5, 5.41) is 0. The molecule has 0 aliphatic carbocycles. The number of benzene rings is 1. The van der Waals surface area contributed by atoms with E-state index in [0.29, 0.717) is 22.2 Å². The van der Waals surface area contributed by atoms with Crippen LogP contribution in [0.15, 0.2) is 42.5 Å². The van der Waals surface area contributed by atoms with Crippen molar-refractivity contribution in [2.45, 2.75) is 26.2 Å². The maximum atomic E-state index is 13.2. The van der Waals surface area contributed by atoms with Crippen molar-refractivity contribution in [3.05, 3.63) is 57.8 Å². The summed E-state index contributed by atoms with van der Waals surface area (Å²) < 4.78 is 0. The van der Waals surface area contributed by atoms with Gasteiger partial charge in [0.05, 0.1) is 9.75 Å². The summed E-state index contributed by atoms with van der Waals surface area (Å²) in [6.45, 7) is 5.25. The third-order valence-corrected chi connectivity index (χ3v) is 6.45. The van der Waals surface area contributed by atoms with Crippen LogP contribution in [-0.4, -0.2) is 54.7 Å². The van der Waals surface area contributed by atoms with E-state index in [1.54, 1.807) is 19.1 Å². The molecule has 0 bridgehead atoms. The number of hydrogen-bond acceptors (Lipinski definition) is 4. The molecule has 1 saturated heterocycles. The molecule has 5 heteroatoms. The van der Waals surface area contributed by atoms with Crippen molar-refractivity contribution in [2.24, 2.45) is 5.92 Å². The normalized spacial score (nSPS) is 15.6. The van der Waals surface area contributed by atoms with Crippen molar-refractivity contribution in [3.8, 4) is 0 Å². The standard InChI is InChI=1S/C22H28N2O2S/c1-17(25)20-8-9-21(27-20)22(26)24(15-12-18-6-4-3-5-7-18)16-19-10-13-23(2)14-11-19/h3-9,19H,10-16H2,1-2H3. The van der Waals surface area contributed by atoms with Crippen molar-refractivity contribution < 1.29 is 9.59 Å². The van der Waals surface area contributed by atoms with Crippen molar-refractivity contribution in [3.63, 3.8) is 0 Å². The Kier molecular flexibility index (Phi) is 6.80. The zero-order valence-corrected chi connectivity index (χ0v) is 17.0. The fraction of sp³-hybridized carbons (Fsp3) is 0.455. The van der Waals surface area contributed by atoms with Crippen LogP contribution < -0.4 is 0 Å². The third-order valence-electron chi connectivity index (χ3n) is 5.28. The molecular formula is C22H28N2O2S. The van der Waals surface area contributed by atoms with Crippen LogP contribution >= 0.6 is 11.3 Å².